The van der Waals surface area contributed by atoms with Crippen molar-refractivity contribution >= 4 is 18.0 Å². The van der Waals surface area contributed by atoms with Gasteiger partial charge in [0, 0.05) is 6.08 Å². The summed E-state index contributed by atoms with van der Waals surface area (Å²) in [6.45, 7) is -1.59. The summed E-state index contributed by atoms with van der Waals surface area (Å²) in [6.07, 6.45) is 4.05. The van der Waals surface area contributed by atoms with Gasteiger partial charge in [0.1, 0.15) is 11.5 Å². The van der Waals surface area contributed by atoms with Crippen LogP contribution >= 0.6 is 0 Å². The van der Waals surface area contributed by atoms with Crippen LogP contribution in [-0.4, -0.2) is 25.1 Å². The zero-order valence-electron chi connectivity index (χ0n) is 13.9. The zero-order valence-corrected chi connectivity index (χ0v) is 13.9. The Kier molecular flexibility index (Phi) is 6.90. The molecule has 0 aliphatic heterocycles. The van der Waals surface area contributed by atoms with E-state index in [4.69, 9.17) is 9.15 Å². The fourth-order valence-corrected chi connectivity index (χ4v) is 2.00. The zero-order chi connectivity index (χ0) is 18.9. The lowest BCUT2D eigenvalue weighted by Gasteiger charge is -2.11. The molecule has 0 saturated heterocycles. The molecule has 138 valence electrons. The molecule has 1 aromatic heterocycles. The summed E-state index contributed by atoms with van der Waals surface area (Å²) in [6, 6.07) is 8.77. The Morgan fingerprint density at radius 1 is 1.23 bits per heavy atom. The molecule has 6 nitrogen and oxygen atoms in total. The lowest BCUT2D eigenvalue weighted by atomic mass is 10.2. The predicted molar refractivity (Wildman–Crippen MR) is 88.3 cm³/mol. The van der Waals surface area contributed by atoms with E-state index in [-0.39, 0.29) is 11.8 Å². The summed E-state index contributed by atoms with van der Waals surface area (Å²) in [7, 11) is 0. The molecule has 0 unspecified atom stereocenters. The van der Waals surface area contributed by atoms with Gasteiger partial charge >= 0.3 is 12.6 Å². The number of halogens is 2. The summed E-state index contributed by atoms with van der Waals surface area (Å²) in [5.74, 6) is -0.575. The molecule has 0 aliphatic carbocycles. The quantitative estimate of drug-likeness (QED) is 0.574. The van der Waals surface area contributed by atoms with Crippen LogP contribution in [-0.2, 0) is 14.3 Å². The number of hydrogen-bond donors (Lipinski definition) is 1. The molecule has 0 saturated carbocycles. The Bertz CT molecular complexity index is 741. The Balaban J connectivity index is 1.75. The lowest BCUT2D eigenvalue weighted by Crippen LogP contribution is -2.30. The largest absolute Gasteiger partial charge is 0.467 e. The van der Waals surface area contributed by atoms with E-state index in [1.54, 1.807) is 19.1 Å². The molecule has 1 atom stereocenters. The van der Waals surface area contributed by atoms with E-state index in [0.29, 0.717) is 11.3 Å². The van der Waals surface area contributed by atoms with Crippen molar-refractivity contribution in [2.24, 2.45) is 0 Å². The van der Waals surface area contributed by atoms with Crippen LogP contribution in [0.1, 0.15) is 24.3 Å². The van der Waals surface area contributed by atoms with Crippen LogP contribution < -0.4 is 10.1 Å². The molecular formula is C18H17F2NO5. The second-order valence-electron chi connectivity index (χ2n) is 5.19. The van der Waals surface area contributed by atoms with E-state index in [0.717, 1.165) is 6.08 Å². The molecule has 0 fully saturated rings. The third-order valence-corrected chi connectivity index (χ3v) is 3.21. The van der Waals surface area contributed by atoms with Crippen molar-refractivity contribution in [2.75, 3.05) is 6.61 Å². The average molecular weight is 365 g/mol. The van der Waals surface area contributed by atoms with Gasteiger partial charge in [0.25, 0.3) is 5.91 Å². The summed E-state index contributed by atoms with van der Waals surface area (Å²) < 4.78 is 38.3. The first-order valence-electron chi connectivity index (χ1n) is 7.66. The highest BCUT2D eigenvalue weighted by atomic mass is 19.3. The number of amides is 1. The third-order valence-electron chi connectivity index (χ3n) is 3.21. The highest BCUT2D eigenvalue weighted by Gasteiger charge is 2.12. The van der Waals surface area contributed by atoms with E-state index in [1.807, 2.05) is 0 Å². The molecule has 1 aromatic carbocycles. The van der Waals surface area contributed by atoms with Crippen LogP contribution in [0.2, 0.25) is 0 Å². The van der Waals surface area contributed by atoms with E-state index in [1.165, 1.54) is 36.6 Å². The summed E-state index contributed by atoms with van der Waals surface area (Å²) in [4.78, 5) is 23.3. The van der Waals surface area contributed by atoms with Crippen molar-refractivity contribution in [3.8, 4) is 5.75 Å². The molecule has 0 bridgehead atoms. The fraction of sp³-hybridized carbons (Fsp3) is 0.222. The number of esters is 1. The normalized spacial score (nSPS) is 12.2. The number of carbonyl (C=O) groups is 2. The molecular weight excluding hydrogens is 348 g/mol. The van der Waals surface area contributed by atoms with Crippen molar-refractivity contribution in [3.63, 3.8) is 0 Å². The van der Waals surface area contributed by atoms with E-state index < -0.39 is 25.1 Å². The SMILES string of the molecule is C[C@@H](NC(=O)COC(=O)/C=C/c1ccc(OC(F)F)cc1)c1ccco1. The number of alkyl halides is 2. The maximum Gasteiger partial charge on any atom is 0.387 e. The maximum absolute atomic E-state index is 12.0. The third kappa shape index (κ3) is 6.39. The molecule has 0 spiro atoms. The molecule has 0 radical (unpaired) electrons. The van der Waals surface area contributed by atoms with Crippen molar-refractivity contribution < 1.29 is 32.3 Å². The molecule has 0 aliphatic rings. The fourth-order valence-electron chi connectivity index (χ4n) is 2.00. The van der Waals surface area contributed by atoms with Crippen molar-refractivity contribution in [1.82, 2.24) is 5.32 Å². The topological polar surface area (TPSA) is 77.8 Å². The van der Waals surface area contributed by atoms with Crippen LogP contribution in [0.3, 0.4) is 0 Å². The Morgan fingerprint density at radius 3 is 2.58 bits per heavy atom. The maximum atomic E-state index is 12.0. The minimum Gasteiger partial charge on any atom is -0.467 e. The van der Waals surface area contributed by atoms with Crippen molar-refractivity contribution in [2.45, 2.75) is 19.6 Å². The molecule has 8 heteroatoms. The van der Waals surface area contributed by atoms with Crippen LogP contribution in [0.4, 0.5) is 8.78 Å². The molecule has 1 amide bonds. The van der Waals surface area contributed by atoms with Crippen LogP contribution in [0.5, 0.6) is 5.75 Å². The smallest absolute Gasteiger partial charge is 0.387 e. The predicted octanol–water partition coefficient (Wildman–Crippen LogP) is 3.31. The molecule has 2 rings (SSSR count). The minimum absolute atomic E-state index is 0.0158. The van der Waals surface area contributed by atoms with Gasteiger partial charge in [-0.3, -0.25) is 4.79 Å². The van der Waals surface area contributed by atoms with E-state index in [9.17, 15) is 18.4 Å². The Labute approximate surface area is 148 Å². The second-order valence-corrected chi connectivity index (χ2v) is 5.19. The van der Waals surface area contributed by atoms with Crippen molar-refractivity contribution in [1.29, 1.82) is 0 Å². The van der Waals surface area contributed by atoms with E-state index in [2.05, 4.69) is 10.1 Å². The van der Waals surface area contributed by atoms with Crippen LogP contribution in [0, 0.1) is 0 Å². The number of benzene rings is 1. The van der Waals surface area contributed by atoms with Gasteiger partial charge in [-0.2, -0.15) is 8.78 Å². The standard InChI is InChI=1S/C18H17F2NO5/c1-12(15-3-2-10-24-15)21-16(22)11-25-17(23)9-6-13-4-7-14(8-5-13)26-18(19)20/h2-10,12,18H,11H2,1H3,(H,21,22)/b9-6+/t12-/m1/s1. The highest BCUT2D eigenvalue weighted by Crippen LogP contribution is 2.15. The van der Waals surface area contributed by atoms with Gasteiger partial charge in [-0.25, -0.2) is 4.79 Å². The summed E-state index contributed by atoms with van der Waals surface area (Å²) in [5.41, 5.74) is 0.583. The monoisotopic (exact) mass is 365 g/mol. The number of rotatable bonds is 8. The number of hydrogen-bond acceptors (Lipinski definition) is 5. The van der Waals surface area contributed by atoms with Crippen LogP contribution in [0.25, 0.3) is 6.08 Å². The van der Waals surface area contributed by atoms with Gasteiger partial charge < -0.3 is 19.2 Å². The molecule has 1 N–H and O–H groups in total. The van der Waals surface area contributed by atoms with Crippen molar-refractivity contribution in [3.05, 3.63) is 60.1 Å². The van der Waals surface area contributed by atoms with Gasteiger partial charge in [-0.15, -0.1) is 0 Å². The second kappa shape index (κ2) is 9.36. The number of nitrogens with one attached hydrogen (secondary N) is 1. The van der Waals surface area contributed by atoms with Gasteiger partial charge in [0.05, 0.1) is 12.3 Å². The first kappa shape index (κ1) is 19.2. The molecule has 1 heterocycles. The van der Waals surface area contributed by atoms with E-state index >= 15 is 0 Å². The van der Waals surface area contributed by atoms with Gasteiger partial charge in [-0.05, 0) is 42.8 Å². The summed E-state index contributed by atoms with van der Waals surface area (Å²) >= 11 is 0. The average Bonchev–Trinajstić information content (AvgIpc) is 3.13. The minimum atomic E-state index is -2.90. The Hall–Kier alpha value is -3.16. The first-order chi connectivity index (χ1) is 12.4. The van der Waals surface area contributed by atoms with Gasteiger partial charge in [0.15, 0.2) is 6.61 Å². The molecule has 2 aromatic rings. The molecule has 26 heavy (non-hydrogen) atoms. The number of carbonyl (C=O) groups excluding carboxylic acids is 2. The first-order valence-corrected chi connectivity index (χ1v) is 7.66. The lowest BCUT2D eigenvalue weighted by molar-refractivity contribution is -0.144. The van der Waals surface area contributed by atoms with Gasteiger partial charge in [0.2, 0.25) is 0 Å². The van der Waals surface area contributed by atoms with Gasteiger partial charge in [-0.1, -0.05) is 12.1 Å². The number of ether oxygens (including phenoxy) is 2. The summed E-state index contributed by atoms with van der Waals surface area (Å²) in [5, 5.41) is 2.62. The highest BCUT2D eigenvalue weighted by molar-refractivity contribution is 5.89. The number of furan rings is 1. The van der Waals surface area contributed by atoms with Crippen LogP contribution in [0.15, 0.2) is 53.2 Å². The Morgan fingerprint density at radius 2 is 1.96 bits per heavy atom.